The van der Waals surface area contributed by atoms with E-state index in [1.54, 1.807) is 12.1 Å². The van der Waals surface area contributed by atoms with Gasteiger partial charge in [0.2, 0.25) is 5.91 Å². The van der Waals surface area contributed by atoms with Gasteiger partial charge in [-0.25, -0.2) is 0 Å². The zero-order valence-electron chi connectivity index (χ0n) is 11.5. The van der Waals surface area contributed by atoms with E-state index in [4.69, 9.17) is 16.0 Å². The Labute approximate surface area is 127 Å². The summed E-state index contributed by atoms with van der Waals surface area (Å²) in [4.78, 5) is 18.6. The third kappa shape index (κ3) is 2.58. The molecule has 1 saturated carbocycles. The minimum Gasteiger partial charge on any atom is -0.423 e. The number of nitrogens with one attached hydrogen (secondary N) is 1. The molecule has 5 nitrogen and oxygen atoms in total. The Bertz CT molecular complexity index is 695. The van der Waals surface area contributed by atoms with Crippen molar-refractivity contribution < 1.29 is 9.21 Å². The van der Waals surface area contributed by atoms with Crippen molar-refractivity contribution >= 4 is 34.6 Å². The van der Waals surface area contributed by atoms with Crippen LogP contribution in [0.3, 0.4) is 0 Å². The van der Waals surface area contributed by atoms with Gasteiger partial charge in [0.05, 0.1) is 5.92 Å². The molecule has 1 aromatic heterocycles. The number of anilines is 1. The maximum Gasteiger partial charge on any atom is 0.298 e. The highest BCUT2D eigenvalue weighted by molar-refractivity contribution is 6.31. The Balaban J connectivity index is 1.49. The fourth-order valence-electron chi connectivity index (χ4n) is 2.72. The van der Waals surface area contributed by atoms with Crippen molar-refractivity contribution in [1.29, 1.82) is 0 Å². The Kier molecular flexibility index (Phi) is 3.03. The van der Waals surface area contributed by atoms with E-state index in [0.717, 1.165) is 36.9 Å². The molecule has 0 spiro atoms. The first kappa shape index (κ1) is 13.0. The number of fused-ring (bicyclic) bond motifs is 1. The van der Waals surface area contributed by atoms with Crippen molar-refractivity contribution in [2.24, 2.45) is 5.92 Å². The van der Waals surface area contributed by atoms with E-state index in [2.05, 4.69) is 10.3 Å². The monoisotopic (exact) mass is 305 g/mol. The molecule has 2 heterocycles. The number of carbonyl (C=O) groups is 1. The SMILES string of the molecule is O=C(NC1CC1)C1CCN(c2nc3cc(Cl)ccc3o2)C1. The normalized spacial score (nSPS) is 22.0. The van der Waals surface area contributed by atoms with Crippen molar-refractivity contribution in [3.8, 4) is 0 Å². The summed E-state index contributed by atoms with van der Waals surface area (Å²) >= 11 is 5.96. The summed E-state index contributed by atoms with van der Waals surface area (Å²) in [6.45, 7) is 1.46. The summed E-state index contributed by atoms with van der Waals surface area (Å²) < 4.78 is 5.75. The average molecular weight is 306 g/mol. The van der Waals surface area contributed by atoms with Crippen LogP contribution in [0.4, 0.5) is 6.01 Å². The lowest BCUT2D eigenvalue weighted by molar-refractivity contribution is -0.124. The van der Waals surface area contributed by atoms with Gasteiger partial charge in [-0.2, -0.15) is 4.98 Å². The summed E-state index contributed by atoms with van der Waals surface area (Å²) in [5, 5.41) is 3.71. The molecule has 21 heavy (non-hydrogen) atoms. The lowest BCUT2D eigenvalue weighted by atomic mass is 10.1. The third-order valence-electron chi connectivity index (χ3n) is 4.09. The molecular weight excluding hydrogens is 290 g/mol. The molecule has 2 fully saturated rings. The van der Waals surface area contributed by atoms with Gasteiger partial charge in [0.25, 0.3) is 6.01 Å². The molecule has 1 aromatic carbocycles. The molecule has 110 valence electrons. The second kappa shape index (κ2) is 4.91. The van der Waals surface area contributed by atoms with Gasteiger partial charge in [-0.15, -0.1) is 0 Å². The van der Waals surface area contributed by atoms with E-state index >= 15 is 0 Å². The van der Waals surface area contributed by atoms with Crippen molar-refractivity contribution in [2.45, 2.75) is 25.3 Å². The van der Waals surface area contributed by atoms with Gasteiger partial charge in [-0.3, -0.25) is 4.79 Å². The van der Waals surface area contributed by atoms with Crippen LogP contribution in [0.15, 0.2) is 22.6 Å². The number of benzene rings is 1. The summed E-state index contributed by atoms with van der Waals surface area (Å²) in [5.74, 6) is 0.198. The van der Waals surface area contributed by atoms with Crippen LogP contribution < -0.4 is 10.2 Å². The molecule has 1 aliphatic heterocycles. The number of hydrogen-bond acceptors (Lipinski definition) is 4. The second-order valence-electron chi connectivity index (χ2n) is 5.82. The summed E-state index contributed by atoms with van der Waals surface area (Å²) in [5.41, 5.74) is 1.48. The van der Waals surface area contributed by atoms with Crippen LogP contribution in [0, 0.1) is 5.92 Å². The smallest absolute Gasteiger partial charge is 0.298 e. The predicted octanol–water partition coefficient (Wildman–Crippen LogP) is 2.59. The molecule has 0 bridgehead atoms. The average Bonchev–Trinajstić information content (AvgIpc) is 3.01. The minimum absolute atomic E-state index is 0.0317. The standard InChI is InChI=1S/C15H16ClN3O2/c16-10-1-4-13-12(7-10)18-15(21-13)19-6-5-9(8-19)14(20)17-11-2-3-11/h1,4,7,9,11H,2-3,5-6,8H2,(H,17,20). The van der Waals surface area contributed by atoms with Gasteiger partial charge in [0.1, 0.15) is 5.52 Å². The maximum atomic E-state index is 12.1. The fourth-order valence-corrected chi connectivity index (χ4v) is 2.88. The Morgan fingerprint density at radius 1 is 1.38 bits per heavy atom. The van der Waals surface area contributed by atoms with E-state index in [0.29, 0.717) is 23.6 Å². The van der Waals surface area contributed by atoms with E-state index in [-0.39, 0.29) is 11.8 Å². The van der Waals surface area contributed by atoms with Gasteiger partial charge < -0.3 is 14.6 Å². The molecule has 2 aromatic rings. The Hall–Kier alpha value is -1.75. The molecule has 4 rings (SSSR count). The van der Waals surface area contributed by atoms with Gasteiger partial charge in [0, 0.05) is 24.2 Å². The van der Waals surface area contributed by atoms with E-state index in [1.807, 2.05) is 11.0 Å². The first-order chi connectivity index (χ1) is 10.2. The van der Waals surface area contributed by atoms with E-state index < -0.39 is 0 Å². The number of hydrogen-bond donors (Lipinski definition) is 1. The first-order valence-corrected chi connectivity index (χ1v) is 7.68. The lowest BCUT2D eigenvalue weighted by Gasteiger charge is -2.13. The van der Waals surface area contributed by atoms with Crippen LogP contribution in [-0.4, -0.2) is 30.0 Å². The van der Waals surface area contributed by atoms with Gasteiger partial charge >= 0.3 is 0 Å². The minimum atomic E-state index is 0.0317. The molecule has 2 aliphatic rings. The Morgan fingerprint density at radius 2 is 2.24 bits per heavy atom. The second-order valence-corrected chi connectivity index (χ2v) is 6.26. The molecular formula is C15H16ClN3O2. The zero-order chi connectivity index (χ0) is 14.4. The molecule has 0 radical (unpaired) electrons. The van der Waals surface area contributed by atoms with Crippen LogP contribution in [0.25, 0.3) is 11.1 Å². The van der Waals surface area contributed by atoms with Crippen molar-refractivity contribution in [2.75, 3.05) is 18.0 Å². The number of carbonyl (C=O) groups excluding carboxylic acids is 1. The summed E-state index contributed by atoms with van der Waals surface area (Å²) in [6, 6.07) is 6.39. The number of rotatable bonds is 3. The van der Waals surface area contributed by atoms with Crippen LogP contribution in [0.5, 0.6) is 0 Å². The number of amides is 1. The molecule has 1 atom stereocenters. The van der Waals surface area contributed by atoms with Crippen LogP contribution in [0.1, 0.15) is 19.3 Å². The van der Waals surface area contributed by atoms with Crippen molar-refractivity contribution in [1.82, 2.24) is 10.3 Å². The molecule has 1 saturated heterocycles. The molecule has 1 N–H and O–H groups in total. The van der Waals surface area contributed by atoms with Gasteiger partial charge in [-0.1, -0.05) is 11.6 Å². The van der Waals surface area contributed by atoms with Crippen LogP contribution >= 0.6 is 11.6 Å². The quantitative estimate of drug-likeness (QED) is 0.947. The molecule has 6 heteroatoms. The lowest BCUT2D eigenvalue weighted by Crippen LogP contribution is -2.34. The van der Waals surface area contributed by atoms with Crippen LogP contribution in [-0.2, 0) is 4.79 Å². The Morgan fingerprint density at radius 3 is 3.05 bits per heavy atom. The van der Waals surface area contributed by atoms with Crippen molar-refractivity contribution in [3.05, 3.63) is 23.2 Å². The molecule has 1 aliphatic carbocycles. The predicted molar refractivity (Wildman–Crippen MR) is 80.5 cm³/mol. The van der Waals surface area contributed by atoms with Crippen molar-refractivity contribution in [3.63, 3.8) is 0 Å². The fraction of sp³-hybridized carbons (Fsp3) is 0.467. The number of halogens is 1. The number of nitrogens with zero attached hydrogens (tertiary/aromatic N) is 2. The number of oxazole rings is 1. The van der Waals surface area contributed by atoms with E-state index in [1.165, 1.54) is 0 Å². The summed E-state index contributed by atoms with van der Waals surface area (Å²) in [7, 11) is 0. The van der Waals surface area contributed by atoms with Gasteiger partial charge in [0.15, 0.2) is 5.58 Å². The summed E-state index contributed by atoms with van der Waals surface area (Å²) in [6.07, 6.45) is 3.08. The van der Waals surface area contributed by atoms with Gasteiger partial charge in [-0.05, 0) is 37.5 Å². The maximum absolute atomic E-state index is 12.1. The highest BCUT2D eigenvalue weighted by Crippen LogP contribution is 2.29. The van der Waals surface area contributed by atoms with E-state index in [9.17, 15) is 4.79 Å². The topological polar surface area (TPSA) is 58.4 Å². The largest absolute Gasteiger partial charge is 0.423 e. The molecule has 1 unspecified atom stereocenters. The first-order valence-electron chi connectivity index (χ1n) is 7.30. The molecule has 1 amide bonds. The zero-order valence-corrected chi connectivity index (χ0v) is 12.3. The van der Waals surface area contributed by atoms with Crippen LogP contribution in [0.2, 0.25) is 5.02 Å². The number of aromatic nitrogens is 1. The highest BCUT2D eigenvalue weighted by Gasteiger charge is 2.33. The highest BCUT2D eigenvalue weighted by atomic mass is 35.5. The third-order valence-corrected chi connectivity index (χ3v) is 4.33.